The smallest absolute Gasteiger partial charge is 0.423 e. The van der Waals surface area contributed by atoms with E-state index in [2.05, 4.69) is 25.4 Å². The number of rotatable bonds is 7. The van der Waals surface area contributed by atoms with E-state index < -0.39 is 46.7 Å². The maximum absolute atomic E-state index is 13.2. The molecule has 17 heteroatoms. The number of hydrogen-bond donors (Lipinski definition) is 2. The summed E-state index contributed by atoms with van der Waals surface area (Å²) in [5, 5.41) is 7.70. The molecule has 0 aromatic carbocycles. The summed E-state index contributed by atoms with van der Waals surface area (Å²) in [6, 6.07) is 2.27. The molecular weight excluding hydrogens is 538 g/mol. The number of piperazine rings is 1. The molecule has 1 aliphatic heterocycles. The van der Waals surface area contributed by atoms with E-state index in [1.54, 1.807) is 5.10 Å². The maximum atomic E-state index is 13.2. The van der Waals surface area contributed by atoms with Crippen LogP contribution in [-0.4, -0.2) is 63.3 Å². The topological polar surface area (TPSA) is 129 Å². The summed E-state index contributed by atoms with van der Waals surface area (Å²) in [6.45, 7) is 1.57. The monoisotopic (exact) mass is 558 g/mol. The van der Waals surface area contributed by atoms with Crippen LogP contribution in [-0.2, 0) is 17.1 Å². The first-order valence-corrected chi connectivity index (χ1v) is 11.3. The van der Waals surface area contributed by atoms with Crippen LogP contribution in [0.5, 0.6) is 5.75 Å². The molecule has 39 heavy (non-hydrogen) atoms. The second kappa shape index (κ2) is 10.7. The zero-order valence-corrected chi connectivity index (χ0v) is 20.0. The van der Waals surface area contributed by atoms with Crippen LogP contribution in [0.3, 0.4) is 0 Å². The molecule has 1 aliphatic rings. The molecule has 1 atom stereocenters. The van der Waals surface area contributed by atoms with E-state index in [4.69, 9.17) is 4.74 Å². The first-order valence-electron chi connectivity index (χ1n) is 11.3. The van der Waals surface area contributed by atoms with Gasteiger partial charge in [0.2, 0.25) is 11.9 Å². The fourth-order valence-electron chi connectivity index (χ4n) is 3.67. The van der Waals surface area contributed by atoms with Gasteiger partial charge in [-0.05, 0) is 13.0 Å². The second-order valence-electron chi connectivity index (χ2n) is 8.43. The highest BCUT2D eigenvalue weighted by Gasteiger charge is 2.37. The van der Waals surface area contributed by atoms with Gasteiger partial charge in [-0.3, -0.25) is 14.5 Å². The average molecular weight is 558 g/mol. The van der Waals surface area contributed by atoms with Crippen molar-refractivity contribution in [2.24, 2.45) is 0 Å². The minimum atomic E-state index is -4.89. The Kier molecular flexibility index (Phi) is 7.60. The number of aromatic amines is 1. The summed E-state index contributed by atoms with van der Waals surface area (Å²) in [7, 11) is 0. The van der Waals surface area contributed by atoms with Crippen LogP contribution in [0.4, 0.5) is 43.8 Å². The number of anilines is 3. The number of ether oxygens (including phenoxy) is 1. The fourth-order valence-corrected chi connectivity index (χ4v) is 3.67. The molecule has 2 N–H and O–H groups in total. The van der Waals surface area contributed by atoms with Gasteiger partial charge in [-0.2, -0.15) is 31.4 Å². The third-order valence-electron chi connectivity index (χ3n) is 5.50. The number of H-pyrrole nitrogens is 1. The number of halogens is 6. The lowest BCUT2D eigenvalue weighted by atomic mass is 10.2. The molecule has 0 saturated carbocycles. The van der Waals surface area contributed by atoms with Crippen molar-refractivity contribution in [3.63, 3.8) is 0 Å². The molecule has 0 radical (unpaired) electrons. The van der Waals surface area contributed by atoms with Crippen molar-refractivity contribution in [2.45, 2.75) is 25.3 Å². The Bertz CT molecular complexity index is 1380. The van der Waals surface area contributed by atoms with E-state index in [1.807, 2.05) is 0 Å². The number of pyridine rings is 1. The molecule has 3 aromatic rings. The Hall–Kier alpha value is -4.44. The molecule has 208 valence electrons. The molecule has 1 saturated heterocycles. The van der Waals surface area contributed by atoms with E-state index >= 15 is 0 Å². The van der Waals surface area contributed by atoms with Gasteiger partial charge in [-0.25, -0.2) is 20.1 Å². The molecule has 0 aliphatic carbocycles. The first kappa shape index (κ1) is 27.6. The SMILES string of the molecule is CC(COc1ccnc(N2CCN(c3ncc(C(F)(F)F)cn3)CC2=O)c1)Nc1cn[nH]c(=O)c1C(F)(F)F. The van der Waals surface area contributed by atoms with Gasteiger partial charge >= 0.3 is 12.4 Å². The molecule has 4 heterocycles. The number of aromatic nitrogens is 5. The minimum Gasteiger partial charge on any atom is -0.491 e. The molecule has 1 amide bonds. The number of hydrogen-bond acceptors (Lipinski definition) is 9. The highest BCUT2D eigenvalue weighted by atomic mass is 19.4. The van der Waals surface area contributed by atoms with Crippen molar-refractivity contribution in [1.82, 2.24) is 25.1 Å². The standard InChI is InChI=1S/C22H20F6N8O3/c1-12(33-15-9-32-34-19(38)18(15)22(26,27)28)11-39-14-2-3-29-16(6-14)36-5-4-35(10-17(36)37)20-30-7-13(8-31-20)21(23,24)25/h2-3,6-9,12H,4-5,10-11H2,1H3,(H2,33,34,38). The third kappa shape index (κ3) is 6.53. The van der Waals surface area contributed by atoms with Crippen LogP contribution in [0.15, 0.2) is 41.7 Å². The van der Waals surface area contributed by atoms with Gasteiger partial charge < -0.3 is 15.0 Å². The highest BCUT2D eigenvalue weighted by molar-refractivity contribution is 5.96. The number of amides is 1. The van der Waals surface area contributed by atoms with Crippen LogP contribution < -0.4 is 25.4 Å². The lowest BCUT2D eigenvalue weighted by molar-refractivity contribution is -0.139. The summed E-state index contributed by atoms with van der Waals surface area (Å²) >= 11 is 0. The number of carbonyl (C=O) groups is 1. The number of alkyl halides is 6. The van der Waals surface area contributed by atoms with Crippen molar-refractivity contribution >= 4 is 23.4 Å². The van der Waals surface area contributed by atoms with Crippen LogP contribution in [0.2, 0.25) is 0 Å². The van der Waals surface area contributed by atoms with Crippen molar-refractivity contribution in [2.75, 3.05) is 41.4 Å². The molecule has 3 aromatic heterocycles. The summed E-state index contributed by atoms with van der Waals surface area (Å²) in [5.41, 5.74) is -4.29. The zero-order valence-electron chi connectivity index (χ0n) is 20.0. The van der Waals surface area contributed by atoms with Gasteiger partial charge in [0.25, 0.3) is 5.56 Å². The van der Waals surface area contributed by atoms with Crippen molar-refractivity contribution in [3.8, 4) is 5.75 Å². The number of nitrogens with one attached hydrogen (secondary N) is 2. The van der Waals surface area contributed by atoms with Crippen molar-refractivity contribution < 1.29 is 35.9 Å². The van der Waals surface area contributed by atoms with E-state index in [0.29, 0.717) is 12.4 Å². The van der Waals surface area contributed by atoms with E-state index in [-0.39, 0.29) is 43.8 Å². The Labute approximate surface area is 215 Å². The first-order chi connectivity index (χ1) is 18.3. The van der Waals surface area contributed by atoms with Crippen molar-refractivity contribution in [3.05, 3.63) is 58.4 Å². The predicted octanol–water partition coefficient (Wildman–Crippen LogP) is 2.73. The molecule has 0 spiro atoms. The molecule has 1 fully saturated rings. The molecule has 0 bridgehead atoms. The van der Waals surface area contributed by atoms with Crippen LogP contribution in [0, 0.1) is 0 Å². The summed E-state index contributed by atoms with van der Waals surface area (Å²) in [5.74, 6) is 0.0806. The van der Waals surface area contributed by atoms with Gasteiger partial charge in [-0.15, -0.1) is 0 Å². The normalized spacial score (nSPS) is 15.3. The largest absolute Gasteiger partial charge is 0.491 e. The van der Waals surface area contributed by atoms with Crippen LogP contribution >= 0.6 is 0 Å². The van der Waals surface area contributed by atoms with Gasteiger partial charge in [0.05, 0.1) is 23.5 Å². The summed E-state index contributed by atoms with van der Waals surface area (Å²) in [6.07, 6.45) is -5.95. The quantitative estimate of drug-likeness (QED) is 0.421. The average Bonchev–Trinajstić information content (AvgIpc) is 2.86. The van der Waals surface area contributed by atoms with Crippen LogP contribution in [0.1, 0.15) is 18.1 Å². The van der Waals surface area contributed by atoms with Crippen molar-refractivity contribution in [1.29, 1.82) is 0 Å². The lowest BCUT2D eigenvalue weighted by Crippen LogP contribution is -2.51. The summed E-state index contributed by atoms with van der Waals surface area (Å²) < 4.78 is 83.5. The fraction of sp³-hybridized carbons (Fsp3) is 0.364. The highest BCUT2D eigenvalue weighted by Crippen LogP contribution is 2.32. The van der Waals surface area contributed by atoms with E-state index in [1.165, 1.54) is 35.1 Å². The molecular formula is C22H20F6N8O3. The van der Waals surface area contributed by atoms with Gasteiger partial charge in [0.1, 0.15) is 30.3 Å². The Balaban J connectivity index is 1.37. The minimum absolute atomic E-state index is 0.0215. The Morgan fingerprint density at radius 2 is 1.77 bits per heavy atom. The van der Waals surface area contributed by atoms with Gasteiger partial charge in [0.15, 0.2) is 0 Å². The molecule has 1 unspecified atom stereocenters. The predicted molar refractivity (Wildman–Crippen MR) is 124 cm³/mol. The van der Waals surface area contributed by atoms with Crippen LogP contribution in [0.25, 0.3) is 0 Å². The van der Waals surface area contributed by atoms with E-state index in [0.717, 1.165) is 6.20 Å². The Morgan fingerprint density at radius 1 is 1.05 bits per heavy atom. The van der Waals surface area contributed by atoms with Gasteiger partial charge in [-0.1, -0.05) is 0 Å². The number of nitrogens with zero attached hydrogens (tertiary/aromatic N) is 6. The lowest BCUT2D eigenvalue weighted by Gasteiger charge is -2.33. The molecule has 11 nitrogen and oxygen atoms in total. The Morgan fingerprint density at radius 3 is 2.41 bits per heavy atom. The second-order valence-corrected chi connectivity index (χ2v) is 8.43. The maximum Gasteiger partial charge on any atom is 0.423 e. The summed E-state index contributed by atoms with van der Waals surface area (Å²) in [4.78, 5) is 38.7. The van der Waals surface area contributed by atoms with Gasteiger partial charge in [0, 0.05) is 37.7 Å². The zero-order chi connectivity index (χ0) is 28.4. The number of carbonyl (C=O) groups excluding carboxylic acids is 1. The molecule has 4 rings (SSSR count). The third-order valence-corrected chi connectivity index (χ3v) is 5.50. The van der Waals surface area contributed by atoms with E-state index in [9.17, 15) is 35.9 Å².